The summed E-state index contributed by atoms with van der Waals surface area (Å²) in [7, 11) is 0. The molecule has 0 fully saturated rings. The van der Waals surface area contributed by atoms with Gasteiger partial charge in [-0.25, -0.2) is 0 Å². The third-order valence-corrected chi connectivity index (χ3v) is 13.4. The van der Waals surface area contributed by atoms with Crippen molar-refractivity contribution in [1.82, 2.24) is 0 Å². The number of hydrogen-bond acceptors (Lipinski definition) is 6. The summed E-state index contributed by atoms with van der Waals surface area (Å²) in [6.07, 6.45) is 68.4. The molecule has 0 aliphatic rings. The van der Waals surface area contributed by atoms with Gasteiger partial charge in [-0.15, -0.1) is 0 Å². The van der Waals surface area contributed by atoms with Crippen LogP contribution in [0.25, 0.3) is 0 Å². The highest BCUT2D eigenvalue weighted by molar-refractivity contribution is 5.71. The first kappa shape index (κ1) is 65.6. The maximum atomic E-state index is 12.9. The highest BCUT2D eigenvalue weighted by Gasteiger charge is 2.19. The van der Waals surface area contributed by atoms with E-state index in [-0.39, 0.29) is 31.1 Å². The van der Waals surface area contributed by atoms with E-state index in [1.54, 1.807) is 0 Å². The minimum absolute atomic E-state index is 0.0742. The Labute approximate surface area is 423 Å². The molecule has 6 heteroatoms. The quantitative estimate of drug-likeness (QED) is 0.0262. The summed E-state index contributed by atoms with van der Waals surface area (Å²) in [6.45, 7) is 6.66. The van der Waals surface area contributed by atoms with Gasteiger partial charge >= 0.3 is 17.9 Å². The second kappa shape index (κ2) is 57.2. The maximum Gasteiger partial charge on any atom is 0.306 e. The van der Waals surface area contributed by atoms with Gasteiger partial charge in [0.15, 0.2) is 6.10 Å². The van der Waals surface area contributed by atoms with Crippen LogP contribution in [0.4, 0.5) is 0 Å². The third kappa shape index (κ3) is 54.6. The lowest BCUT2D eigenvalue weighted by Gasteiger charge is -2.18. The number of allylic oxidation sites excluding steroid dienone is 6. The monoisotopic (exact) mass is 955 g/mol. The molecule has 0 aliphatic carbocycles. The first-order valence-corrected chi connectivity index (χ1v) is 30.0. The van der Waals surface area contributed by atoms with Crippen molar-refractivity contribution >= 4 is 17.9 Å². The van der Waals surface area contributed by atoms with Gasteiger partial charge in [0.1, 0.15) is 13.2 Å². The Morgan fingerprint density at radius 1 is 0.294 bits per heavy atom. The topological polar surface area (TPSA) is 78.9 Å². The molecule has 0 saturated heterocycles. The fourth-order valence-corrected chi connectivity index (χ4v) is 8.82. The second-order valence-corrected chi connectivity index (χ2v) is 20.3. The van der Waals surface area contributed by atoms with E-state index in [1.165, 1.54) is 205 Å². The van der Waals surface area contributed by atoms with E-state index < -0.39 is 6.10 Å². The second-order valence-electron chi connectivity index (χ2n) is 20.3. The molecule has 6 nitrogen and oxygen atoms in total. The lowest BCUT2D eigenvalue weighted by molar-refractivity contribution is -0.167. The van der Waals surface area contributed by atoms with Crippen molar-refractivity contribution < 1.29 is 28.6 Å². The van der Waals surface area contributed by atoms with Crippen LogP contribution in [0.2, 0.25) is 0 Å². The molecular formula is C62H114O6. The van der Waals surface area contributed by atoms with Gasteiger partial charge in [-0.3, -0.25) is 14.4 Å². The number of carbonyl (C=O) groups excluding carboxylic acids is 3. The Morgan fingerprint density at radius 2 is 0.529 bits per heavy atom. The zero-order chi connectivity index (χ0) is 49.3. The van der Waals surface area contributed by atoms with Gasteiger partial charge in [0, 0.05) is 19.3 Å². The van der Waals surface area contributed by atoms with E-state index in [0.717, 1.165) is 77.0 Å². The highest BCUT2D eigenvalue weighted by atomic mass is 16.6. The summed E-state index contributed by atoms with van der Waals surface area (Å²) >= 11 is 0. The van der Waals surface area contributed by atoms with Crippen LogP contribution < -0.4 is 0 Å². The fraction of sp³-hybridized carbons (Fsp3) is 0.855. The van der Waals surface area contributed by atoms with Crippen LogP contribution >= 0.6 is 0 Å². The molecule has 398 valence electrons. The number of carbonyl (C=O) groups is 3. The molecule has 0 aromatic heterocycles. The van der Waals surface area contributed by atoms with Gasteiger partial charge in [0.25, 0.3) is 0 Å². The minimum atomic E-state index is -0.777. The van der Waals surface area contributed by atoms with Crippen LogP contribution in [0.3, 0.4) is 0 Å². The van der Waals surface area contributed by atoms with Gasteiger partial charge < -0.3 is 14.2 Å². The molecule has 68 heavy (non-hydrogen) atoms. The zero-order valence-electron chi connectivity index (χ0n) is 45.6. The van der Waals surface area contributed by atoms with Gasteiger partial charge in [-0.05, 0) is 77.0 Å². The SMILES string of the molecule is CCCCCC/C=C\C/C=C\CCCCCCCCCC(=O)OCC(COC(=O)CCCCCCCCCCCCCCCCCC)OC(=O)CCCCCCC/C=C\CCCCCCCCC. The van der Waals surface area contributed by atoms with Crippen molar-refractivity contribution in [2.24, 2.45) is 0 Å². The highest BCUT2D eigenvalue weighted by Crippen LogP contribution is 2.16. The molecular weight excluding hydrogens is 841 g/mol. The Kier molecular flexibility index (Phi) is 55.2. The molecule has 0 aromatic carbocycles. The van der Waals surface area contributed by atoms with Crippen molar-refractivity contribution in [3.63, 3.8) is 0 Å². The summed E-state index contributed by atoms with van der Waals surface area (Å²) in [6, 6.07) is 0. The smallest absolute Gasteiger partial charge is 0.306 e. The van der Waals surface area contributed by atoms with Gasteiger partial charge in [-0.1, -0.05) is 263 Å². The lowest BCUT2D eigenvalue weighted by atomic mass is 10.0. The summed E-state index contributed by atoms with van der Waals surface area (Å²) in [4.78, 5) is 38.2. The maximum absolute atomic E-state index is 12.9. The van der Waals surface area contributed by atoms with Crippen LogP contribution in [0, 0.1) is 0 Å². The molecule has 0 aliphatic heterocycles. The van der Waals surface area contributed by atoms with Crippen molar-refractivity contribution in [3.8, 4) is 0 Å². The van der Waals surface area contributed by atoms with Gasteiger partial charge in [-0.2, -0.15) is 0 Å². The number of esters is 3. The zero-order valence-corrected chi connectivity index (χ0v) is 45.6. The number of hydrogen-bond donors (Lipinski definition) is 0. The molecule has 0 heterocycles. The Balaban J connectivity index is 4.36. The Morgan fingerprint density at radius 3 is 0.838 bits per heavy atom. The predicted octanol–water partition coefficient (Wildman–Crippen LogP) is 20.0. The molecule has 1 atom stereocenters. The van der Waals surface area contributed by atoms with Crippen molar-refractivity contribution in [2.45, 2.75) is 329 Å². The van der Waals surface area contributed by atoms with Gasteiger partial charge in [0.2, 0.25) is 0 Å². The molecule has 1 unspecified atom stereocenters. The Bertz CT molecular complexity index is 1140. The summed E-state index contributed by atoms with van der Waals surface area (Å²) in [5.74, 6) is -0.871. The average Bonchev–Trinajstić information content (AvgIpc) is 3.34. The number of unbranched alkanes of at least 4 members (excludes halogenated alkanes) is 38. The first-order chi connectivity index (χ1) is 33.5. The molecule has 0 radical (unpaired) electrons. The van der Waals surface area contributed by atoms with E-state index in [9.17, 15) is 14.4 Å². The van der Waals surface area contributed by atoms with E-state index in [1.807, 2.05) is 0 Å². The van der Waals surface area contributed by atoms with E-state index in [2.05, 4.69) is 57.2 Å². The molecule has 0 saturated carbocycles. The van der Waals surface area contributed by atoms with Crippen LogP contribution in [0.5, 0.6) is 0 Å². The van der Waals surface area contributed by atoms with Crippen molar-refractivity contribution in [3.05, 3.63) is 36.5 Å². The minimum Gasteiger partial charge on any atom is -0.462 e. The molecule has 0 bridgehead atoms. The molecule has 0 spiro atoms. The van der Waals surface area contributed by atoms with Crippen LogP contribution in [0.15, 0.2) is 36.5 Å². The van der Waals surface area contributed by atoms with Crippen molar-refractivity contribution in [1.29, 1.82) is 0 Å². The fourth-order valence-electron chi connectivity index (χ4n) is 8.82. The summed E-state index contributed by atoms with van der Waals surface area (Å²) in [5.41, 5.74) is 0. The van der Waals surface area contributed by atoms with E-state index in [4.69, 9.17) is 14.2 Å². The number of rotatable bonds is 55. The predicted molar refractivity (Wildman–Crippen MR) is 293 cm³/mol. The van der Waals surface area contributed by atoms with Crippen molar-refractivity contribution in [2.75, 3.05) is 13.2 Å². The molecule has 0 aromatic rings. The summed E-state index contributed by atoms with van der Waals surface area (Å²) in [5, 5.41) is 0. The standard InChI is InChI=1S/C62H114O6/c1-4-7-10-13-16-19-22-25-28-31-32-35-37-40-43-46-49-52-55-61(64)67-58-59(68-62(65)56-53-50-47-44-41-38-34-30-27-24-21-18-15-12-9-6-3)57-66-60(63)54-51-48-45-42-39-36-33-29-26-23-20-17-14-11-8-5-2/h19,22,28,30-31,34,59H,4-18,20-21,23-27,29,32-33,35-58H2,1-3H3/b22-19-,31-28-,34-30-. The van der Waals surface area contributed by atoms with E-state index in [0.29, 0.717) is 19.3 Å². The van der Waals surface area contributed by atoms with Crippen LogP contribution in [-0.2, 0) is 28.6 Å². The van der Waals surface area contributed by atoms with E-state index >= 15 is 0 Å². The largest absolute Gasteiger partial charge is 0.462 e. The lowest BCUT2D eigenvalue weighted by Crippen LogP contribution is -2.30. The summed E-state index contributed by atoms with van der Waals surface area (Å²) < 4.78 is 16.9. The van der Waals surface area contributed by atoms with Crippen LogP contribution in [-0.4, -0.2) is 37.2 Å². The normalized spacial score (nSPS) is 12.2. The first-order valence-electron chi connectivity index (χ1n) is 30.0. The third-order valence-electron chi connectivity index (χ3n) is 13.4. The molecule has 0 rings (SSSR count). The van der Waals surface area contributed by atoms with Gasteiger partial charge in [0.05, 0.1) is 0 Å². The number of ether oxygens (including phenoxy) is 3. The Hall–Kier alpha value is -2.37. The molecule has 0 amide bonds. The molecule has 0 N–H and O–H groups in total. The van der Waals surface area contributed by atoms with Crippen LogP contribution in [0.1, 0.15) is 323 Å². The average molecular weight is 956 g/mol.